The molecule has 0 aromatic carbocycles. The van der Waals surface area contributed by atoms with Crippen molar-refractivity contribution in [2.45, 2.75) is 27.7 Å². The van der Waals surface area contributed by atoms with Crippen LogP contribution in [0.5, 0.6) is 0 Å². The molecule has 0 radical (unpaired) electrons. The van der Waals surface area contributed by atoms with Crippen molar-refractivity contribution in [1.82, 2.24) is 4.57 Å². The fraction of sp³-hybridized carbons (Fsp3) is 0.500. The van der Waals surface area contributed by atoms with Gasteiger partial charge in [-0.25, -0.2) is 4.79 Å². The van der Waals surface area contributed by atoms with Crippen LogP contribution in [0.3, 0.4) is 0 Å². The second kappa shape index (κ2) is 3.24. The van der Waals surface area contributed by atoms with Crippen molar-refractivity contribution >= 4 is 11.1 Å². The first-order valence-electron chi connectivity index (χ1n) is 4.26. The Labute approximate surface area is 77.0 Å². The zero-order valence-electron chi connectivity index (χ0n) is 8.76. The first kappa shape index (κ1) is 9.84. The Morgan fingerprint density at radius 1 is 1.15 bits per heavy atom. The first-order chi connectivity index (χ1) is 5.95. The summed E-state index contributed by atoms with van der Waals surface area (Å²) in [5, 5.41) is 0.894. The molecule has 0 spiro atoms. The number of hydrogen-bond acceptors (Lipinski definition) is 2. The normalized spacial score (nSPS) is 10.2. The lowest BCUT2D eigenvalue weighted by Crippen LogP contribution is -2.32. The van der Waals surface area contributed by atoms with Crippen molar-refractivity contribution in [2.75, 3.05) is 0 Å². The van der Waals surface area contributed by atoms with E-state index in [-0.39, 0.29) is 5.76 Å². The third kappa shape index (κ3) is 1.59. The van der Waals surface area contributed by atoms with Gasteiger partial charge in [-0.3, -0.25) is 4.57 Å². The quantitative estimate of drug-likeness (QED) is 0.579. The van der Waals surface area contributed by atoms with Crippen LogP contribution in [0.15, 0.2) is 9.21 Å². The lowest BCUT2D eigenvalue weighted by atomic mass is 10.2. The lowest BCUT2D eigenvalue weighted by molar-refractivity contribution is 0.468. The highest BCUT2D eigenvalue weighted by Crippen LogP contribution is 1.85. The summed E-state index contributed by atoms with van der Waals surface area (Å²) < 4.78 is 6.66. The molecule has 3 nitrogen and oxygen atoms in total. The zero-order chi connectivity index (χ0) is 10.2. The van der Waals surface area contributed by atoms with E-state index >= 15 is 0 Å². The second-order valence-electron chi connectivity index (χ2n) is 3.60. The summed E-state index contributed by atoms with van der Waals surface area (Å²) in [5.41, 5.74) is 2.81. The highest BCUT2D eigenvalue weighted by molar-refractivity contribution is 5.41. The van der Waals surface area contributed by atoms with E-state index in [1.807, 2.05) is 27.7 Å². The molecule has 0 aliphatic heterocycles. The topological polar surface area (TPSA) is 35.1 Å². The lowest BCUT2D eigenvalue weighted by Gasteiger charge is -1.90. The monoisotopic (exact) mass is 181 g/mol. The fourth-order valence-electron chi connectivity index (χ4n) is 1.35. The Hall–Kier alpha value is -1.25. The van der Waals surface area contributed by atoms with Gasteiger partial charge >= 0.3 is 5.76 Å². The van der Waals surface area contributed by atoms with Crippen molar-refractivity contribution in [3.8, 4) is 0 Å². The maximum Gasteiger partial charge on any atom is 0.419 e. The molecule has 0 aliphatic rings. The van der Waals surface area contributed by atoms with Crippen LogP contribution in [0.2, 0.25) is 0 Å². The highest BCUT2D eigenvalue weighted by Gasteiger charge is 2.02. The molecule has 0 N–H and O–H groups in total. The smallest absolute Gasteiger partial charge is 0.408 e. The summed E-state index contributed by atoms with van der Waals surface area (Å²) in [6, 6.07) is 0. The molecule has 0 unspecified atom stereocenters. The van der Waals surface area contributed by atoms with Crippen LogP contribution in [0.25, 0.3) is 11.1 Å². The molecule has 0 saturated heterocycles. The molecule has 1 heterocycles. The minimum atomic E-state index is -0.299. The summed E-state index contributed by atoms with van der Waals surface area (Å²) in [7, 11) is 1.72. The van der Waals surface area contributed by atoms with Crippen LogP contribution in [-0.4, -0.2) is 4.57 Å². The third-order valence-corrected chi connectivity index (χ3v) is 1.94. The zero-order valence-corrected chi connectivity index (χ0v) is 8.76. The Morgan fingerprint density at radius 3 is 2.00 bits per heavy atom. The van der Waals surface area contributed by atoms with E-state index in [1.54, 1.807) is 7.05 Å². The van der Waals surface area contributed by atoms with E-state index in [2.05, 4.69) is 0 Å². The van der Waals surface area contributed by atoms with Gasteiger partial charge in [-0.15, -0.1) is 0 Å². The van der Waals surface area contributed by atoms with Gasteiger partial charge in [-0.1, -0.05) is 0 Å². The van der Waals surface area contributed by atoms with Crippen molar-refractivity contribution in [1.29, 1.82) is 0 Å². The van der Waals surface area contributed by atoms with Crippen LogP contribution in [0.1, 0.15) is 27.7 Å². The van der Waals surface area contributed by atoms with Gasteiger partial charge in [-0.2, -0.15) is 0 Å². The Kier molecular flexibility index (Phi) is 2.45. The van der Waals surface area contributed by atoms with Crippen molar-refractivity contribution in [3.63, 3.8) is 0 Å². The van der Waals surface area contributed by atoms with E-state index in [1.165, 1.54) is 4.57 Å². The number of oxazole rings is 1. The maximum absolute atomic E-state index is 11.2. The van der Waals surface area contributed by atoms with Gasteiger partial charge < -0.3 is 4.42 Å². The van der Waals surface area contributed by atoms with Crippen molar-refractivity contribution < 1.29 is 4.42 Å². The molecule has 0 fully saturated rings. The van der Waals surface area contributed by atoms with Gasteiger partial charge in [0.05, 0.1) is 5.35 Å². The predicted octanol–water partition coefficient (Wildman–Crippen LogP) is 0.359. The molecular formula is C10H15NO2. The molecule has 1 rings (SSSR count). The van der Waals surface area contributed by atoms with E-state index in [0.29, 0.717) is 5.42 Å². The number of nitrogens with zero attached hydrogens (tertiary/aromatic N) is 1. The first-order valence-corrected chi connectivity index (χ1v) is 4.26. The molecule has 0 atom stereocenters. The average Bonchev–Trinajstić information content (AvgIpc) is 2.28. The second-order valence-corrected chi connectivity index (χ2v) is 3.60. The maximum atomic E-state index is 11.2. The SMILES string of the molecule is CC(C)=c1oc(=O)n(C)c1=C(C)C. The minimum absolute atomic E-state index is 0.299. The summed E-state index contributed by atoms with van der Waals surface area (Å²) in [4.78, 5) is 11.2. The van der Waals surface area contributed by atoms with Gasteiger partial charge in [0.1, 0.15) is 0 Å². The highest BCUT2D eigenvalue weighted by atomic mass is 16.4. The summed E-state index contributed by atoms with van der Waals surface area (Å²) >= 11 is 0. The summed E-state index contributed by atoms with van der Waals surface area (Å²) in [6.45, 7) is 7.81. The molecule has 1 aromatic rings. The van der Waals surface area contributed by atoms with Crippen LogP contribution in [-0.2, 0) is 7.05 Å². The molecule has 13 heavy (non-hydrogen) atoms. The molecule has 1 aromatic heterocycles. The average molecular weight is 181 g/mol. The molecule has 0 saturated carbocycles. The molecule has 3 heteroatoms. The Balaban J connectivity index is 4.01. The van der Waals surface area contributed by atoms with Gasteiger partial charge in [-0.05, 0) is 38.8 Å². The fourth-order valence-corrected chi connectivity index (χ4v) is 1.35. The Morgan fingerprint density at radius 2 is 1.69 bits per heavy atom. The molecule has 0 aliphatic carbocycles. The third-order valence-electron chi connectivity index (χ3n) is 1.94. The number of rotatable bonds is 0. The van der Waals surface area contributed by atoms with E-state index in [0.717, 1.165) is 16.5 Å². The van der Waals surface area contributed by atoms with Gasteiger partial charge in [0.2, 0.25) is 0 Å². The standard InChI is InChI=1S/C10H15NO2/c1-6(2)8-9(7(3)4)13-10(12)11(8)5/h1-5H3. The van der Waals surface area contributed by atoms with Crippen molar-refractivity contribution in [3.05, 3.63) is 21.3 Å². The van der Waals surface area contributed by atoms with Crippen LogP contribution in [0.4, 0.5) is 0 Å². The van der Waals surface area contributed by atoms with Gasteiger partial charge in [0, 0.05) is 7.05 Å². The molecule has 0 amide bonds. The Bertz CT molecular complexity index is 480. The largest absolute Gasteiger partial charge is 0.419 e. The van der Waals surface area contributed by atoms with Crippen LogP contribution < -0.4 is 16.5 Å². The summed E-state index contributed by atoms with van der Waals surface area (Å²) in [5.74, 6) is -0.299. The number of aromatic nitrogens is 1. The van der Waals surface area contributed by atoms with Gasteiger partial charge in [0.15, 0.2) is 5.42 Å². The summed E-state index contributed by atoms with van der Waals surface area (Å²) in [6.07, 6.45) is 0. The molecular weight excluding hydrogens is 166 g/mol. The van der Waals surface area contributed by atoms with Crippen LogP contribution in [0, 0.1) is 0 Å². The van der Waals surface area contributed by atoms with Gasteiger partial charge in [0.25, 0.3) is 0 Å². The van der Waals surface area contributed by atoms with E-state index in [9.17, 15) is 4.79 Å². The minimum Gasteiger partial charge on any atom is -0.408 e. The van der Waals surface area contributed by atoms with Crippen molar-refractivity contribution in [2.24, 2.45) is 7.05 Å². The predicted molar refractivity (Wildman–Crippen MR) is 52.7 cm³/mol. The molecule has 0 bridgehead atoms. The van der Waals surface area contributed by atoms with E-state index < -0.39 is 0 Å². The molecule has 72 valence electrons. The van der Waals surface area contributed by atoms with E-state index in [4.69, 9.17) is 4.42 Å². The number of hydrogen-bond donors (Lipinski definition) is 0. The van der Waals surface area contributed by atoms with Crippen LogP contribution >= 0.6 is 0 Å².